The summed E-state index contributed by atoms with van der Waals surface area (Å²) in [4.78, 5) is 34.7. The van der Waals surface area contributed by atoms with E-state index in [2.05, 4.69) is 4.98 Å². The van der Waals surface area contributed by atoms with Crippen LogP contribution in [0.15, 0.2) is 36.5 Å². The van der Waals surface area contributed by atoms with Crippen LogP contribution in [0, 0.1) is 5.92 Å². The number of ether oxygens (including phenoxy) is 1. The van der Waals surface area contributed by atoms with E-state index in [0.29, 0.717) is 25.1 Å². The lowest BCUT2D eigenvalue weighted by atomic mass is 9.81. The maximum Gasteiger partial charge on any atom is 0.255 e. The van der Waals surface area contributed by atoms with Crippen molar-refractivity contribution in [1.82, 2.24) is 14.8 Å². The number of aromatic nitrogens is 1. The molecule has 0 spiro atoms. The number of pyridine rings is 1. The number of carbonyl (C=O) groups is 2. The number of para-hydroxylation sites is 1. The molecule has 0 radical (unpaired) electrons. The van der Waals surface area contributed by atoms with Crippen molar-refractivity contribution in [3.63, 3.8) is 0 Å². The van der Waals surface area contributed by atoms with Gasteiger partial charge in [0.15, 0.2) is 0 Å². The van der Waals surface area contributed by atoms with E-state index in [9.17, 15) is 9.59 Å². The first-order chi connectivity index (χ1) is 14.2. The molecular formula is C23H27N3O3. The van der Waals surface area contributed by atoms with Crippen LogP contribution in [0.1, 0.15) is 42.5 Å². The number of hydrogen-bond acceptors (Lipinski definition) is 4. The van der Waals surface area contributed by atoms with Crippen LogP contribution in [0.4, 0.5) is 0 Å². The fourth-order valence-corrected chi connectivity index (χ4v) is 5.14. The summed E-state index contributed by atoms with van der Waals surface area (Å²) in [6.07, 6.45) is 6.31. The summed E-state index contributed by atoms with van der Waals surface area (Å²) in [6.45, 7) is 2.88. The lowest BCUT2D eigenvalue weighted by molar-refractivity contribution is -0.140. The van der Waals surface area contributed by atoms with Crippen molar-refractivity contribution >= 4 is 22.7 Å². The molecule has 1 aromatic heterocycles. The SMILES string of the molecule is O=C([C@H]1CC[C@H]2OCCN(C(=O)c3cnc4ccccc4c3)[C@@H]2C1)N1CCCC1. The molecule has 0 unspecified atom stereocenters. The molecule has 6 heteroatoms. The van der Waals surface area contributed by atoms with Crippen molar-refractivity contribution in [2.24, 2.45) is 5.92 Å². The van der Waals surface area contributed by atoms with Gasteiger partial charge in [-0.1, -0.05) is 18.2 Å². The number of carbonyl (C=O) groups excluding carboxylic acids is 2. The van der Waals surface area contributed by atoms with Crippen molar-refractivity contribution in [1.29, 1.82) is 0 Å². The van der Waals surface area contributed by atoms with E-state index in [0.717, 1.165) is 49.7 Å². The molecular weight excluding hydrogens is 366 g/mol. The predicted molar refractivity (Wildman–Crippen MR) is 109 cm³/mol. The van der Waals surface area contributed by atoms with E-state index in [1.165, 1.54) is 0 Å². The van der Waals surface area contributed by atoms with Crippen LogP contribution < -0.4 is 0 Å². The Labute approximate surface area is 170 Å². The Kier molecular flexibility index (Phi) is 4.96. The minimum absolute atomic E-state index is 0.000999. The largest absolute Gasteiger partial charge is 0.374 e. The molecule has 2 amide bonds. The number of likely N-dealkylation sites (tertiary alicyclic amines) is 1. The average molecular weight is 393 g/mol. The zero-order chi connectivity index (χ0) is 19.8. The summed E-state index contributed by atoms with van der Waals surface area (Å²) in [5.41, 5.74) is 1.50. The topological polar surface area (TPSA) is 62.7 Å². The molecule has 0 N–H and O–H groups in total. The standard InChI is InChI=1S/C23H27N3O3/c27-22(25-9-3-4-10-25)17-7-8-21-20(14-17)26(11-12-29-21)23(28)18-13-16-5-1-2-6-19(16)24-15-18/h1-2,5-6,13,15,17,20-21H,3-4,7-12,14H2/t17-,20+,21+/m0/s1. The van der Waals surface area contributed by atoms with Crippen LogP contribution in [-0.2, 0) is 9.53 Å². The van der Waals surface area contributed by atoms with E-state index in [-0.39, 0.29) is 29.9 Å². The molecule has 3 heterocycles. The summed E-state index contributed by atoms with van der Waals surface area (Å²) < 4.78 is 5.99. The lowest BCUT2D eigenvalue weighted by Gasteiger charge is -2.46. The smallest absolute Gasteiger partial charge is 0.255 e. The van der Waals surface area contributed by atoms with Gasteiger partial charge in [0, 0.05) is 37.1 Å². The molecule has 3 atom stereocenters. The molecule has 3 aliphatic rings. The third kappa shape index (κ3) is 3.50. The van der Waals surface area contributed by atoms with E-state index in [1.807, 2.05) is 40.1 Å². The molecule has 1 aliphatic carbocycles. The Morgan fingerprint density at radius 1 is 1.07 bits per heavy atom. The normalized spacial score (nSPS) is 27.1. The van der Waals surface area contributed by atoms with E-state index < -0.39 is 0 Å². The number of nitrogens with zero attached hydrogens (tertiary/aromatic N) is 3. The Morgan fingerprint density at radius 2 is 1.90 bits per heavy atom. The molecule has 6 nitrogen and oxygen atoms in total. The highest BCUT2D eigenvalue weighted by Gasteiger charge is 2.43. The Morgan fingerprint density at radius 3 is 2.76 bits per heavy atom. The van der Waals surface area contributed by atoms with E-state index in [4.69, 9.17) is 4.74 Å². The fourth-order valence-electron chi connectivity index (χ4n) is 5.14. The van der Waals surface area contributed by atoms with Gasteiger partial charge in [0.25, 0.3) is 5.91 Å². The molecule has 3 fully saturated rings. The van der Waals surface area contributed by atoms with Crippen molar-refractivity contribution in [3.05, 3.63) is 42.1 Å². The first-order valence-electron chi connectivity index (χ1n) is 10.8. The average Bonchev–Trinajstić information content (AvgIpc) is 3.32. The van der Waals surface area contributed by atoms with E-state index >= 15 is 0 Å². The minimum atomic E-state index is -0.0342. The van der Waals surface area contributed by atoms with Gasteiger partial charge >= 0.3 is 0 Å². The van der Waals surface area contributed by atoms with Crippen molar-refractivity contribution in [2.75, 3.05) is 26.2 Å². The minimum Gasteiger partial charge on any atom is -0.374 e. The molecule has 1 aromatic carbocycles. The van der Waals surface area contributed by atoms with Gasteiger partial charge in [0.2, 0.25) is 5.91 Å². The summed E-state index contributed by atoms with van der Waals surface area (Å²) >= 11 is 0. The first kappa shape index (κ1) is 18.6. The van der Waals surface area contributed by atoms with Gasteiger partial charge in [0.05, 0.1) is 29.8 Å². The Balaban J connectivity index is 1.36. The molecule has 152 valence electrons. The van der Waals surface area contributed by atoms with Crippen LogP contribution >= 0.6 is 0 Å². The summed E-state index contributed by atoms with van der Waals surface area (Å²) in [5, 5.41) is 0.967. The molecule has 5 rings (SSSR count). The van der Waals surface area contributed by atoms with Gasteiger partial charge < -0.3 is 14.5 Å². The lowest BCUT2D eigenvalue weighted by Crippen LogP contribution is -2.57. The number of amides is 2. The highest BCUT2D eigenvalue weighted by molar-refractivity contribution is 5.97. The van der Waals surface area contributed by atoms with Crippen LogP contribution in [0.2, 0.25) is 0 Å². The third-order valence-electron chi connectivity index (χ3n) is 6.68. The summed E-state index contributed by atoms with van der Waals surface area (Å²) in [7, 11) is 0. The molecule has 2 aliphatic heterocycles. The maximum atomic E-state index is 13.4. The second kappa shape index (κ2) is 7.75. The number of fused-ring (bicyclic) bond motifs is 2. The van der Waals surface area contributed by atoms with E-state index in [1.54, 1.807) is 6.20 Å². The quantitative estimate of drug-likeness (QED) is 0.787. The molecule has 29 heavy (non-hydrogen) atoms. The molecule has 1 saturated carbocycles. The van der Waals surface area contributed by atoms with Crippen molar-refractivity contribution in [2.45, 2.75) is 44.2 Å². The van der Waals surface area contributed by atoms with Crippen molar-refractivity contribution < 1.29 is 14.3 Å². The highest BCUT2D eigenvalue weighted by atomic mass is 16.5. The van der Waals surface area contributed by atoms with Crippen molar-refractivity contribution in [3.8, 4) is 0 Å². The van der Waals surface area contributed by atoms with Crippen LogP contribution in [-0.4, -0.2) is 65.0 Å². The summed E-state index contributed by atoms with van der Waals surface area (Å²) in [6, 6.07) is 9.72. The van der Waals surface area contributed by atoms with Gasteiger partial charge in [-0.25, -0.2) is 0 Å². The van der Waals surface area contributed by atoms with Gasteiger partial charge in [-0.05, 0) is 44.2 Å². The fraction of sp³-hybridized carbons (Fsp3) is 0.522. The number of benzene rings is 1. The van der Waals surface area contributed by atoms with Crippen LogP contribution in [0.25, 0.3) is 10.9 Å². The van der Waals surface area contributed by atoms with Gasteiger partial charge in [-0.3, -0.25) is 14.6 Å². The molecule has 2 saturated heterocycles. The van der Waals surface area contributed by atoms with Crippen LogP contribution in [0.5, 0.6) is 0 Å². The second-order valence-electron chi connectivity index (χ2n) is 8.43. The second-order valence-corrected chi connectivity index (χ2v) is 8.43. The maximum absolute atomic E-state index is 13.4. The molecule has 0 bridgehead atoms. The Hall–Kier alpha value is -2.47. The Bertz CT molecular complexity index is 924. The zero-order valence-corrected chi connectivity index (χ0v) is 16.6. The highest BCUT2D eigenvalue weighted by Crippen LogP contribution is 2.34. The van der Waals surface area contributed by atoms with Crippen LogP contribution in [0.3, 0.4) is 0 Å². The zero-order valence-electron chi connectivity index (χ0n) is 16.6. The monoisotopic (exact) mass is 393 g/mol. The predicted octanol–water partition coefficient (Wildman–Crippen LogP) is 2.87. The number of rotatable bonds is 2. The molecule has 2 aromatic rings. The first-order valence-corrected chi connectivity index (χ1v) is 10.8. The van der Waals surface area contributed by atoms with Gasteiger partial charge in [-0.2, -0.15) is 0 Å². The summed E-state index contributed by atoms with van der Waals surface area (Å²) in [5.74, 6) is 0.267. The number of hydrogen-bond donors (Lipinski definition) is 0. The third-order valence-corrected chi connectivity index (χ3v) is 6.68. The van der Waals surface area contributed by atoms with Gasteiger partial charge in [0.1, 0.15) is 0 Å². The van der Waals surface area contributed by atoms with Gasteiger partial charge in [-0.15, -0.1) is 0 Å². The number of morpholine rings is 1.